The van der Waals surface area contributed by atoms with Crippen LogP contribution >= 0.6 is 11.3 Å². The summed E-state index contributed by atoms with van der Waals surface area (Å²) in [7, 11) is 0. The number of aromatic nitrogens is 2. The van der Waals surface area contributed by atoms with Crippen LogP contribution in [0.5, 0.6) is 0 Å². The predicted molar refractivity (Wildman–Crippen MR) is 56.7 cm³/mol. The fourth-order valence-electron chi connectivity index (χ4n) is 1.29. The van der Waals surface area contributed by atoms with Crippen molar-refractivity contribution in [1.82, 2.24) is 10.2 Å². The van der Waals surface area contributed by atoms with Crippen LogP contribution in [0.3, 0.4) is 0 Å². The van der Waals surface area contributed by atoms with E-state index in [-0.39, 0.29) is 5.56 Å². The Morgan fingerprint density at radius 1 is 1.57 bits per heavy atom. The van der Waals surface area contributed by atoms with Gasteiger partial charge in [-0.2, -0.15) is 5.10 Å². The van der Waals surface area contributed by atoms with Crippen molar-refractivity contribution >= 4 is 11.3 Å². The summed E-state index contributed by atoms with van der Waals surface area (Å²) in [5.41, 5.74) is 1.53. The van der Waals surface area contributed by atoms with Gasteiger partial charge in [-0.1, -0.05) is 6.07 Å². The van der Waals surface area contributed by atoms with Crippen molar-refractivity contribution in [1.29, 1.82) is 0 Å². The monoisotopic (exact) mass is 206 g/mol. The van der Waals surface area contributed by atoms with Crippen LogP contribution in [0.4, 0.5) is 0 Å². The smallest absolute Gasteiger partial charge is 0.267 e. The highest BCUT2D eigenvalue weighted by atomic mass is 32.1. The quantitative estimate of drug-likeness (QED) is 0.813. The van der Waals surface area contributed by atoms with E-state index in [4.69, 9.17) is 0 Å². The molecule has 2 heterocycles. The number of nitrogens with zero attached hydrogens (tertiary/aromatic N) is 1. The summed E-state index contributed by atoms with van der Waals surface area (Å²) in [5, 5.41) is 8.33. The minimum Gasteiger partial charge on any atom is -0.268 e. The van der Waals surface area contributed by atoms with Gasteiger partial charge in [-0.25, -0.2) is 5.10 Å². The summed E-state index contributed by atoms with van der Waals surface area (Å²) >= 11 is 1.66. The van der Waals surface area contributed by atoms with Crippen molar-refractivity contribution in [2.24, 2.45) is 0 Å². The SMILES string of the molecule is Cc1cc(Cc2cccs2)c(=O)[nH]n1. The zero-order valence-electron chi connectivity index (χ0n) is 7.78. The molecule has 0 aliphatic carbocycles. The molecule has 2 aromatic heterocycles. The van der Waals surface area contributed by atoms with Crippen LogP contribution in [0.2, 0.25) is 0 Å². The molecule has 0 saturated carbocycles. The molecule has 0 atom stereocenters. The molecule has 0 bridgehead atoms. The second-order valence-electron chi connectivity index (χ2n) is 3.12. The fourth-order valence-corrected chi connectivity index (χ4v) is 2.02. The van der Waals surface area contributed by atoms with Crippen LogP contribution in [0.1, 0.15) is 16.1 Å². The second-order valence-corrected chi connectivity index (χ2v) is 4.15. The molecule has 72 valence electrons. The lowest BCUT2D eigenvalue weighted by molar-refractivity contribution is 0.916. The number of rotatable bonds is 2. The van der Waals surface area contributed by atoms with Crippen molar-refractivity contribution in [3.05, 3.63) is 50.1 Å². The van der Waals surface area contributed by atoms with Gasteiger partial charge >= 0.3 is 0 Å². The Balaban J connectivity index is 2.33. The van der Waals surface area contributed by atoms with Gasteiger partial charge in [0.25, 0.3) is 5.56 Å². The Morgan fingerprint density at radius 2 is 2.43 bits per heavy atom. The molecular weight excluding hydrogens is 196 g/mol. The van der Waals surface area contributed by atoms with Crippen molar-refractivity contribution in [3.63, 3.8) is 0 Å². The molecule has 0 amide bonds. The minimum atomic E-state index is -0.0935. The van der Waals surface area contributed by atoms with E-state index in [2.05, 4.69) is 10.2 Å². The first-order chi connectivity index (χ1) is 6.75. The molecule has 0 aliphatic rings. The lowest BCUT2D eigenvalue weighted by atomic mass is 10.2. The Labute approximate surface area is 85.4 Å². The first kappa shape index (κ1) is 9.15. The molecule has 1 N–H and O–H groups in total. The highest BCUT2D eigenvalue weighted by Crippen LogP contribution is 2.12. The molecule has 0 spiro atoms. The first-order valence-electron chi connectivity index (χ1n) is 4.33. The number of aromatic amines is 1. The van der Waals surface area contributed by atoms with Gasteiger partial charge in [-0.15, -0.1) is 11.3 Å². The van der Waals surface area contributed by atoms with Gasteiger partial charge in [0.2, 0.25) is 0 Å². The number of nitrogens with one attached hydrogen (secondary N) is 1. The van der Waals surface area contributed by atoms with E-state index in [0.29, 0.717) is 6.42 Å². The average molecular weight is 206 g/mol. The normalized spacial score (nSPS) is 10.4. The summed E-state index contributed by atoms with van der Waals surface area (Å²) in [6, 6.07) is 5.85. The molecule has 0 aromatic carbocycles. The van der Waals surface area contributed by atoms with Gasteiger partial charge in [-0.3, -0.25) is 4.79 Å². The van der Waals surface area contributed by atoms with E-state index in [1.165, 1.54) is 4.88 Å². The van der Waals surface area contributed by atoms with Gasteiger partial charge in [-0.05, 0) is 24.4 Å². The van der Waals surface area contributed by atoms with Gasteiger partial charge in [0.1, 0.15) is 0 Å². The summed E-state index contributed by atoms with van der Waals surface area (Å²) in [4.78, 5) is 12.6. The number of thiophene rings is 1. The summed E-state index contributed by atoms with van der Waals surface area (Å²) in [6.07, 6.45) is 0.691. The molecule has 0 saturated heterocycles. The van der Waals surface area contributed by atoms with Crippen LogP contribution in [0, 0.1) is 6.92 Å². The van der Waals surface area contributed by atoms with Crippen LogP contribution < -0.4 is 5.56 Å². The first-order valence-corrected chi connectivity index (χ1v) is 5.21. The van der Waals surface area contributed by atoms with Crippen LogP contribution in [-0.2, 0) is 6.42 Å². The van der Waals surface area contributed by atoms with Crippen molar-refractivity contribution in [2.45, 2.75) is 13.3 Å². The van der Waals surface area contributed by atoms with E-state index >= 15 is 0 Å². The Hall–Kier alpha value is -1.42. The predicted octanol–water partition coefficient (Wildman–Crippen LogP) is 1.73. The zero-order valence-corrected chi connectivity index (χ0v) is 8.60. The molecule has 0 fully saturated rings. The molecule has 0 aliphatic heterocycles. The molecule has 4 heteroatoms. The number of hydrogen-bond donors (Lipinski definition) is 1. The number of aryl methyl sites for hydroxylation is 1. The summed E-state index contributed by atoms with van der Waals surface area (Å²) in [6.45, 7) is 1.87. The van der Waals surface area contributed by atoms with Gasteiger partial charge in [0.05, 0.1) is 5.69 Å². The van der Waals surface area contributed by atoms with E-state index < -0.39 is 0 Å². The van der Waals surface area contributed by atoms with Crippen LogP contribution in [-0.4, -0.2) is 10.2 Å². The average Bonchev–Trinajstić information content (AvgIpc) is 2.64. The number of hydrogen-bond acceptors (Lipinski definition) is 3. The molecule has 2 rings (SSSR count). The van der Waals surface area contributed by atoms with Crippen LogP contribution in [0.15, 0.2) is 28.4 Å². The Bertz CT molecular complexity index is 473. The van der Waals surface area contributed by atoms with E-state index in [1.807, 2.05) is 30.5 Å². The van der Waals surface area contributed by atoms with E-state index in [0.717, 1.165) is 11.3 Å². The maximum Gasteiger partial charge on any atom is 0.267 e. The summed E-state index contributed by atoms with van der Waals surface area (Å²) in [5.74, 6) is 0. The maximum absolute atomic E-state index is 11.4. The topological polar surface area (TPSA) is 45.8 Å². The van der Waals surface area contributed by atoms with E-state index in [9.17, 15) is 4.79 Å². The largest absolute Gasteiger partial charge is 0.268 e. The highest BCUT2D eigenvalue weighted by Gasteiger charge is 2.02. The van der Waals surface area contributed by atoms with E-state index in [1.54, 1.807) is 11.3 Å². The lowest BCUT2D eigenvalue weighted by Gasteiger charge is -1.98. The van der Waals surface area contributed by atoms with Crippen molar-refractivity contribution in [3.8, 4) is 0 Å². The standard InChI is InChI=1S/C10H10N2OS/c1-7-5-8(10(13)12-11-7)6-9-3-2-4-14-9/h2-5H,6H2,1H3,(H,12,13). The van der Waals surface area contributed by atoms with Gasteiger partial charge in [0.15, 0.2) is 0 Å². The molecule has 14 heavy (non-hydrogen) atoms. The maximum atomic E-state index is 11.4. The third kappa shape index (κ3) is 1.90. The lowest BCUT2D eigenvalue weighted by Crippen LogP contribution is -2.14. The zero-order chi connectivity index (χ0) is 9.97. The molecule has 2 aromatic rings. The number of H-pyrrole nitrogens is 1. The third-order valence-corrected chi connectivity index (χ3v) is 2.83. The molecule has 0 radical (unpaired) electrons. The van der Waals surface area contributed by atoms with Gasteiger partial charge in [0, 0.05) is 16.9 Å². The van der Waals surface area contributed by atoms with Gasteiger partial charge < -0.3 is 0 Å². The fraction of sp³-hybridized carbons (Fsp3) is 0.200. The Morgan fingerprint density at radius 3 is 3.14 bits per heavy atom. The highest BCUT2D eigenvalue weighted by molar-refractivity contribution is 7.09. The molecular formula is C10H10N2OS. The third-order valence-electron chi connectivity index (χ3n) is 1.95. The van der Waals surface area contributed by atoms with Crippen molar-refractivity contribution < 1.29 is 0 Å². The Kier molecular flexibility index (Phi) is 2.45. The summed E-state index contributed by atoms with van der Waals surface area (Å²) < 4.78 is 0. The van der Waals surface area contributed by atoms with Crippen LogP contribution in [0.25, 0.3) is 0 Å². The molecule has 0 unspecified atom stereocenters. The minimum absolute atomic E-state index is 0.0935. The van der Waals surface area contributed by atoms with Crippen molar-refractivity contribution in [2.75, 3.05) is 0 Å². The molecule has 3 nitrogen and oxygen atoms in total. The second kappa shape index (κ2) is 3.75.